The van der Waals surface area contributed by atoms with Crippen LogP contribution in [0, 0.1) is 0 Å². The largest absolute Gasteiger partial charge is 0.355 e. The van der Waals surface area contributed by atoms with Crippen LogP contribution in [-0.2, 0) is 23.1 Å². The molecule has 0 saturated carbocycles. The van der Waals surface area contributed by atoms with Gasteiger partial charge in [-0.05, 0) is 56.1 Å². The monoisotopic (exact) mass is 593 g/mol. The number of nitrogens with one attached hydrogen (secondary N) is 2. The van der Waals surface area contributed by atoms with Gasteiger partial charge in [0.05, 0.1) is 12.0 Å². The fourth-order valence-electron chi connectivity index (χ4n) is 3.52. The van der Waals surface area contributed by atoms with E-state index in [1.807, 2.05) is 41.9 Å². The zero-order valence-corrected chi connectivity index (χ0v) is 21.9. The minimum absolute atomic E-state index is 0.0102. The first-order chi connectivity index (χ1) is 16.2. The number of hydrogen-bond donors (Lipinski definition) is 3. The van der Waals surface area contributed by atoms with Gasteiger partial charge in [0.2, 0.25) is 5.91 Å². The van der Waals surface area contributed by atoms with Gasteiger partial charge in [-0.3, -0.25) is 19.4 Å². The number of amides is 2. The lowest BCUT2D eigenvalue weighted by molar-refractivity contribution is -0.130. The van der Waals surface area contributed by atoms with Crippen molar-refractivity contribution < 1.29 is 14.4 Å². The van der Waals surface area contributed by atoms with Crippen LogP contribution >= 0.6 is 31.9 Å². The van der Waals surface area contributed by atoms with Crippen molar-refractivity contribution >= 4 is 66.3 Å². The van der Waals surface area contributed by atoms with Gasteiger partial charge in [0, 0.05) is 51.1 Å². The Kier molecular flexibility index (Phi) is 8.75. The van der Waals surface area contributed by atoms with E-state index in [2.05, 4.69) is 52.5 Å². The van der Waals surface area contributed by atoms with Crippen LogP contribution in [0.1, 0.15) is 28.9 Å². The second kappa shape index (κ2) is 11.5. The van der Waals surface area contributed by atoms with Crippen molar-refractivity contribution in [3.8, 4) is 0 Å². The summed E-state index contributed by atoms with van der Waals surface area (Å²) in [5.74, 6) is 6.10. The number of halogens is 2. The number of hydrogen-bond acceptors (Lipinski definition) is 7. The number of nitrogens with two attached hydrogens (primary N) is 1. The van der Waals surface area contributed by atoms with Crippen molar-refractivity contribution in [3.63, 3.8) is 0 Å². The zero-order chi connectivity index (χ0) is 24.8. The van der Waals surface area contributed by atoms with Gasteiger partial charge < -0.3 is 15.2 Å². The molecule has 0 aliphatic carbocycles. The first-order valence-electron chi connectivity index (χ1n) is 10.5. The summed E-state index contributed by atoms with van der Waals surface area (Å²) in [6.45, 7) is 1.23. The van der Waals surface area contributed by atoms with Gasteiger partial charge in [0.25, 0.3) is 5.91 Å². The molecule has 5 rings (SSSR count). The lowest BCUT2D eigenvalue weighted by atomic mass is 10.1. The Hall–Kier alpha value is -2.83. The molecule has 0 unspecified atom stereocenters. The number of hydrazine groups is 1. The highest BCUT2D eigenvalue weighted by molar-refractivity contribution is 9.10. The van der Waals surface area contributed by atoms with Crippen LogP contribution < -0.4 is 21.5 Å². The Morgan fingerprint density at radius 2 is 1.71 bits per heavy atom. The number of aryl methyl sites for hydroxylation is 1. The number of anilines is 1. The summed E-state index contributed by atoms with van der Waals surface area (Å²) in [6.07, 6.45) is 1.46. The van der Waals surface area contributed by atoms with E-state index in [-0.39, 0.29) is 24.0 Å². The number of pyridine rings is 2. The molecule has 2 aliphatic rings. The molecule has 1 saturated heterocycles. The lowest BCUT2D eigenvalue weighted by Crippen LogP contribution is -2.33. The molecule has 12 heteroatoms. The number of ketones is 1. The van der Waals surface area contributed by atoms with E-state index in [1.165, 1.54) is 5.01 Å². The van der Waals surface area contributed by atoms with Crippen molar-refractivity contribution in [2.24, 2.45) is 12.9 Å². The molecule has 0 radical (unpaired) electrons. The molecule has 0 aromatic carbocycles. The fourth-order valence-corrected chi connectivity index (χ4v) is 4.16. The predicted molar refractivity (Wildman–Crippen MR) is 136 cm³/mol. The maximum Gasteiger partial charge on any atom is 0.253 e. The van der Waals surface area contributed by atoms with Crippen molar-refractivity contribution in [3.05, 3.63) is 50.8 Å². The molecule has 34 heavy (non-hydrogen) atoms. The number of nitrogens with zero attached hydrogens (tertiary/aromatic N) is 4. The van der Waals surface area contributed by atoms with Gasteiger partial charge in [-0.1, -0.05) is 6.07 Å². The highest BCUT2D eigenvalue weighted by Crippen LogP contribution is 2.27. The topological polar surface area (TPSA) is 135 Å². The van der Waals surface area contributed by atoms with Crippen molar-refractivity contribution in [1.82, 2.24) is 25.2 Å². The minimum atomic E-state index is -0.138. The number of fused-ring (bicyclic) bond motifs is 3. The molecular formula is C22H25Br2N7O3. The molecule has 4 N–H and O–H groups in total. The summed E-state index contributed by atoms with van der Waals surface area (Å²) in [6, 6.07) is 9.38. The van der Waals surface area contributed by atoms with E-state index in [0.717, 1.165) is 43.7 Å². The SMILES string of the molecule is CN(N)c1cccc(Br)n1.Cn1c2c(c3ccc(Br)nc31)C(=O)NCC2.O=C1CCNC(=O)C1. The van der Waals surface area contributed by atoms with Crippen molar-refractivity contribution in [2.45, 2.75) is 19.3 Å². The maximum absolute atomic E-state index is 11.8. The van der Waals surface area contributed by atoms with E-state index >= 15 is 0 Å². The van der Waals surface area contributed by atoms with Gasteiger partial charge in [-0.25, -0.2) is 15.8 Å². The van der Waals surface area contributed by atoms with E-state index in [0.29, 0.717) is 19.5 Å². The van der Waals surface area contributed by atoms with Crippen molar-refractivity contribution in [1.29, 1.82) is 0 Å². The van der Waals surface area contributed by atoms with Gasteiger partial charge in [0.1, 0.15) is 26.5 Å². The molecular weight excluding hydrogens is 570 g/mol. The fraction of sp³-hybridized carbons (Fsp3) is 0.318. The Labute approximate surface area is 213 Å². The third kappa shape index (κ3) is 6.39. The molecule has 3 aromatic rings. The number of carbonyl (C=O) groups excluding carboxylic acids is 3. The van der Waals surface area contributed by atoms with Gasteiger partial charge in [-0.2, -0.15) is 0 Å². The number of aromatic nitrogens is 3. The Balaban J connectivity index is 0.000000155. The molecule has 2 amide bonds. The van der Waals surface area contributed by atoms with E-state index < -0.39 is 0 Å². The summed E-state index contributed by atoms with van der Waals surface area (Å²) < 4.78 is 3.59. The van der Waals surface area contributed by atoms with Crippen LogP contribution in [0.15, 0.2) is 39.5 Å². The molecule has 10 nitrogen and oxygen atoms in total. The summed E-state index contributed by atoms with van der Waals surface area (Å²) >= 11 is 6.59. The van der Waals surface area contributed by atoms with Crippen molar-refractivity contribution in [2.75, 3.05) is 25.1 Å². The van der Waals surface area contributed by atoms with Crippen LogP contribution in [0.4, 0.5) is 5.82 Å². The lowest BCUT2D eigenvalue weighted by Gasteiger charge is -2.13. The van der Waals surface area contributed by atoms with E-state index in [1.54, 1.807) is 7.05 Å². The third-order valence-electron chi connectivity index (χ3n) is 5.14. The molecule has 0 bridgehead atoms. The first kappa shape index (κ1) is 25.8. The molecule has 1 fully saturated rings. The highest BCUT2D eigenvalue weighted by atomic mass is 79.9. The van der Waals surface area contributed by atoms with Crippen LogP contribution in [0.25, 0.3) is 11.0 Å². The maximum atomic E-state index is 11.8. The molecule has 0 spiro atoms. The minimum Gasteiger partial charge on any atom is -0.355 e. The van der Waals surface area contributed by atoms with Gasteiger partial charge in [0.15, 0.2) is 0 Å². The van der Waals surface area contributed by atoms with Gasteiger partial charge in [-0.15, -0.1) is 0 Å². The predicted octanol–water partition coefficient (Wildman–Crippen LogP) is 2.24. The van der Waals surface area contributed by atoms with E-state index in [4.69, 9.17) is 5.84 Å². The summed E-state index contributed by atoms with van der Waals surface area (Å²) in [7, 11) is 3.70. The molecule has 180 valence electrons. The Bertz CT molecular complexity index is 1210. The molecule has 2 aliphatic heterocycles. The molecule has 0 atom stereocenters. The number of carbonyl (C=O) groups is 3. The van der Waals surface area contributed by atoms with Crippen LogP contribution in [0.3, 0.4) is 0 Å². The first-order valence-corrected chi connectivity index (χ1v) is 12.1. The standard InChI is InChI=1S/C11H10BrN3O.C6H8BrN3.C5H7NO2/c1-15-7-4-5-13-11(16)9(7)6-2-3-8(12)14-10(6)15;1-10(8)6-4-2-3-5(7)9-6;7-4-1-2-6-5(8)3-4/h2-3H,4-5H2,1H3,(H,13,16);2-4H,8H2,1H3;1-3H2,(H,6,8). The average Bonchev–Trinajstić information content (AvgIpc) is 3.07. The van der Waals surface area contributed by atoms with Crippen LogP contribution in [0.2, 0.25) is 0 Å². The summed E-state index contributed by atoms with van der Waals surface area (Å²) in [5.41, 5.74) is 2.71. The van der Waals surface area contributed by atoms with Gasteiger partial charge >= 0.3 is 0 Å². The summed E-state index contributed by atoms with van der Waals surface area (Å²) in [5, 5.41) is 7.81. The van der Waals surface area contributed by atoms with E-state index in [9.17, 15) is 14.4 Å². The highest BCUT2D eigenvalue weighted by Gasteiger charge is 2.24. The zero-order valence-electron chi connectivity index (χ0n) is 18.8. The summed E-state index contributed by atoms with van der Waals surface area (Å²) in [4.78, 5) is 41.1. The molecule has 5 heterocycles. The second-order valence-corrected chi connectivity index (χ2v) is 9.26. The average molecular weight is 595 g/mol. The Morgan fingerprint density at radius 3 is 2.29 bits per heavy atom. The van der Waals surface area contributed by atoms with Crippen LogP contribution in [0.5, 0.6) is 0 Å². The molecule has 3 aromatic heterocycles. The normalized spacial score (nSPS) is 14.7. The number of piperidine rings is 1. The van der Waals surface area contributed by atoms with Crippen LogP contribution in [-0.4, -0.2) is 52.3 Å². The quantitative estimate of drug-likeness (QED) is 0.170. The second-order valence-electron chi connectivity index (χ2n) is 7.64. The Morgan fingerprint density at radius 1 is 1.00 bits per heavy atom. The third-order valence-corrected chi connectivity index (χ3v) is 6.02. The smallest absolute Gasteiger partial charge is 0.253 e. The number of rotatable bonds is 1. The number of Topliss-reactive ketones (excluding diaryl/α,β-unsaturated/α-hetero) is 1.